The number of hydrogen-bond donors (Lipinski definition) is 1. The normalized spacial score (nSPS) is 30.4. The zero-order chi connectivity index (χ0) is 12.2. The first-order valence-corrected chi connectivity index (χ1v) is 6.30. The zero-order valence-corrected chi connectivity index (χ0v) is 9.89. The molecule has 3 rings (SSSR count). The van der Waals surface area contributed by atoms with Gasteiger partial charge in [-0.3, -0.25) is 0 Å². The van der Waals surface area contributed by atoms with Crippen LogP contribution in [0.4, 0.5) is 8.78 Å². The molecule has 0 radical (unpaired) electrons. The highest BCUT2D eigenvalue weighted by Gasteiger charge is 2.52. The highest BCUT2D eigenvalue weighted by Crippen LogP contribution is 2.59. The molecule has 0 saturated heterocycles. The first-order chi connectivity index (χ1) is 8.10. The lowest BCUT2D eigenvalue weighted by atomic mass is 9.56. The van der Waals surface area contributed by atoms with Crippen molar-refractivity contribution in [1.82, 2.24) is 0 Å². The standard InChI is InChI=1S/C14H16F2O/c1-2-8-3-5-14(8)6-4-9-10(15)7-11(17)13(16)12(9)14/h7-8,17H,2-6H2,1H3. The summed E-state index contributed by atoms with van der Waals surface area (Å²) in [7, 11) is 0. The van der Waals surface area contributed by atoms with E-state index in [0.29, 0.717) is 23.5 Å². The van der Waals surface area contributed by atoms with E-state index in [4.69, 9.17) is 0 Å². The highest BCUT2D eigenvalue weighted by atomic mass is 19.1. The van der Waals surface area contributed by atoms with Gasteiger partial charge in [0, 0.05) is 17.0 Å². The van der Waals surface area contributed by atoms with Crippen LogP contribution in [0.3, 0.4) is 0 Å². The van der Waals surface area contributed by atoms with Crippen molar-refractivity contribution >= 4 is 0 Å². The molecule has 1 N–H and O–H groups in total. The van der Waals surface area contributed by atoms with Gasteiger partial charge in [0.25, 0.3) is 0 Å². The summed E-state index contributed by atoms with van der Waals surface area (Å²) in [5.74, 6) is -1.13. The molecule has 1 nitrogen and oxygen atoms in total. The molecule has 2 aliphatic carbocycles. The minimum absolute atomic E-state index is 0.187. The summed E-state index contributed by atoms with van der Waals surface area (Å²) in [6.45, 7) is 2.10. The van der Waals surface area contributed by atoms with Crippen molar-refractivity contribution < 1.29 is 13.9 Å². The number of phenolic OH excluding ortho intramolecular Hbond substituents is 1. The number of benzene rings is 1. The highest BCUT2D eigenvalue weighted by molar-refractivity contribution is 5.48. The van der Waals surface area contributed by atoms with E-state index < -0.39 is 17.4 Å². The number of halogens is 2. The van der Waals surface area contributed by atoms with Gasteiger partial charge in [-0.25, -0.2) is 8.78 Å². The minimum Gasteiger partial charge on any atom is -0.505 e. The maximum Gasteiger partial charge on any atom is 0.169 e. The molecular weight excluding hydrogens is 222 g/mol. The van der Waals surface area contributed by atoms with Crippen molar-refractivity contribution in [3.05, 3.63) is 28.8 Å². The molecule has 1 saturated carbocycles. The Morgan fingerprint density at radius 3 is 2.76 bits per heavy atom. The molecule has 0 aliphatic heterocycles. The smallest absolute Gasteiger partial charge is 0.169 e. The third-order valence-electron chi connectivity index (χ3n) is 4.83. The Morgan fingerprint density at radius 1 is 1.41 bits per heavy atom. The molecule has 17 heavy (non-hydrogen) atoms. The van der Waals surface area contributed by atoms with Gasteiger partial charge in [-0.1, -0.05) is 13.3 Å². The van der Waals surface area contributed by atoms with Crippen molar-refractivity contribution in [2.24, 2.45) is 5.92 Å². The van der Waals surface area contributed by atoms with Crippen molar-refractivity contribution in [2.75, 3.05) is 0 Å². The lowest BCUT2D eigenvalue weighted by Crippen LogP contribution is -2.42. The second-order valence-electron chi connectivity index (χ2n) is 5.35. The van der Waals surface area contributed by atoms with E-state index in [1.54, 1.807) is 0 Å². The second-order valence-corrected chi connectivity index (χ2v) is 5.35. The van der Waals surface area contributed by atoms with Gasteiger partial charge in [-0.15, -0.1) is 0 Å². The fourth-order valence-electron chi connectivity index (χ4n) is 3.84. The summed E-state index contributed by atoms with van der Waals surface area (Å²) in [4.78, 5) is 0. The van der Waals surface area contributed by atoms with Crippen LogP contribution in [0.2, 0.25) is 0 Å². The van der Waals surface area contributed by atoms with Crippen LogP contribution >= 0.6 is 0 Å². The van der Waals surface area contributed by atoms with Gasteiger partial charge in [0.05, 0.1) is 0 Å². The van der Waals surface area contributed by atoms with Gasteiger partial charge in [0.2, 0.25) is 0 Å². The third-order valence-corrected chi connectivity index (χ3v) is 4.83. The molecule has 0 aromatic heterocycles. The number of hydrogen-bond acceptors (Lipinski definition) is 1. The van der Waals surface area contributed by atoms with Gasteiger partial charge >= 0.3 is 0 Å². The molecule has 1 fully saturated rings. The number of rotatable bonds is 1. The topological polar surface area (TPSA) is 20.2 Å². The summed E-state index contributed by atoms with van der Waals surface area (Å²) in [6.07, 6.45) is 4.45. The average Bonchev–Trinajstić information content (AvgIpc) is 2.68. The summed E-state index contributed by atoms with van der Waals surface area (Å²) in [5, 5.41) is 9.46. The molecule has 2 aliphatic rings. The average molecular weight is 238 g/mol. The van der Waals surface area contributed by atoms with Gasteiger partial charge in [-0.2, -0.15) is 0 Å². The maximum absolute atomic E-state index is 14.1. The van der Waals surface area contributed by atoms with Crippen molar-refractivity contribution in [2.45, 2.75) is 44.4 Å². The fraction of sp³-hybridized carbons (Fsp3) is 0.571. The third kappa shape index (κ3) is 1.23. The molecule has 0 amide bonds. The predicted octanol–water partition coefficient (Wildman–Crippen LogP) is 3.67. The monoisotopic (exact) mass is 238 g/mol. The predicted molar refractivity (Wildman–Crippen MR) is 61.0 cm³/mol. The Kier molecular flexibility index (Phi) is 2.22. The molecule has 3 heteroatoms. The van der Waals surface area contributed by atoms with E-state index in [1.807, 2.05) is 0 Å². The Bertz CT molecular complexity index is 482. The van der Waals surface area contributed by atoms with Crippen LogP contribution in [0.5, 0.6) is 5.75 Å². The van der Waals surface area contributed by atoms with E-state index in [1.165, 1.54) is 0 Å². The number of fused-ring (bicyclic) bond motifs is 2. The first kappa shape index (κ1) is 11.0. The summed E-state index contributed by atoms with van der Waals surface area (Å²) in [5.41, 5.74) is 0.792. The number of phenols is 1. The van der Waals surface area contributed by atoms with Crippen LogP contribution in [0.15, 0.2) is 6.07 Å². The van der Waals surface area contributed by atoms with Crippen LogP contribution in [-0.4, -0.2) is 5.11 Å². The van der Waals surface area contributed by atoms with E-state index in [2.05, 4.69) is 6.92 Å². The molecule has 1 spiro atoms. The molecule has 0 bridgehead atoms. The van der Waals surface area contributed by atoms with Crippen LogP contribution in [-0.2, 0) is 11.8 Å². The van der Waals surface area contributed by atoms with Gasteiger partial charge in [0.1, 0.15) is 5.82 Å². The fourth-order valence-corrected chi connectivity index (χ4v) is 3.84. The van der Waals surface area contributed by atoms with E-state index in [-0.39, 0.29) is 5.41 Å². The molecule has 0 heterocycles. The molecule has 2 atom stereocenters. The van der Waals surface area contributed by atoms with Crippen LogP contribution < -0.4 is 0 Å². The van der Waals surface area contributed by atoms with Crippen molar-refractivity contribution in [3.8, 4) is 5.75 Å². The minimum atomic E-state index is -0.586. The van der Waals surface area contributed by atoms with Crippen molar-refractivity contribution in [3.63, 3.8) is 0 Å². The Labute approximate surface area is 99.5 Å². The van der Waals surface area contributed by atoms with E-state index in [0.717, 1.165) is 31.7 Å². The maximum atomic E-state index is 14.1. The number of aromatic hydroxyl groups is 1. The first-order valence-electron chi connectivity index (χ1n) is 6.30. The Hall–Kier alpha value is -1.12. The molecule has 1 aromatic rings. The Balaban J connectivity index is 2.19. The van der Waals surface area contributed by atoms with Gasteiger partial charge in [0.15, 0.2) is 11.6 Å². The second kappa shape index (κ2) is 3.44. The van der Waals surface area contributed by atoms with E-state index >= 15 is 0 Å². The summed E-state index contributed by atoms with van der Waals surface area (Å²) < 4.78 is 27.8. The van der Waals surface area contributed by atoms with Crippen LogP contribution in [0.1, 0.15) is 43.7 Å². The largest absolute Gasteiger partial charge is 0.505 e. The summed E-state index contributed by atoms with van der Waals surface area (Å²) >= 11 is 0. The quantitative estimate of drug-likeness (QED) is 0.791. The molecular formula is C14H16F2O. The molecule has 1 aromatic carbocycles. The van der Waals surface area contributed by atoms with Crippen LogP contribution in [0, 0.1) is 17.6 Å². The van der Waals surface area contributed by atoms with Gasteiger partial charge < -0.3 is 5.11 Å². The van der Waals surface area contributed by atoms with Gasteiger partial charge in [-0.05, 0) is 37.2 Å². The van der Waals surface area contributed by atoms with Crippen molar-refractivity contribution in [1.29, 1.82) is 0 Å². The van der Waals surface area contributed by atoms with Crippen LogP contribution in [0.25, 0.3) is 0 Å². The molecule has 92 valence electrons. The van der Waals surface area contributed by atoms with E-state index in [9.17, 15) is 13.9 Å². The lowest BCUT2D eigenvalue weighted by Gasteiger charge is -2.48. The Morgan fingerprint density at radius 2 is 2.18 bits per heavy atom. The molecule has 2 unspecified atom stereocenters. The summed E-state index contributed by atoms with van der Waals surface area (Å²) in [6, 6.07) is 0.910. The zero-order valence-electron chi connectivity index (χ0n) is 9.89. The SMILES string of the molecule is CCC1CCC12CCc1c(F)cc(O)c(F)c12. The lowest BCUT2D eigenvalue weighted by molar-refractivity contribution is 0.112.